The highest BCUT2D eigenvalue weighted by Crippen LogP contribution is 2.34. The van der Waals surface area contributed by atoms with E-state index in [0.717, 1.165) is 24.0 Å². The Labute approximate surface area is 83.7 Å². The molecular formula is C12H26N+. The molecule has 1 heterocycles. The summed E-state index contributed by atoms with van der Waals surface area (Å²) in [5.41, 5.74) is 0. The maximum absolute atomic E-state index is 2.44. The van der Waals surface area contributed by atoms with Gasteiger partial charge in [-0.05, 0) is 33.6 Å². The van der Waals surface area contributed by atoms with E-state index in [9.17, 15) is 0 Å². The van der Waals surface area contributed by atoms with Crippen LogP contribution >= 0.6 is 0 Å². The predicted octanol–water partition coefficient (Wildman–Crippen LogP) is 3.05. The van der Waals surface area contributed by atoms with Crippen LogP contribution < -0.4 is 0 Å². The van der Waals surface area contributed by atoms with E-state index in [4.69, 9.17) is 0 Å². The molecule has 0 N–H and O–H groups in total. The first-order valence-corrected chi connectivity index (χ1v) is 5.74. The van der Waals surface area contributed by atoms with Crippen LogP contribution in [0.15, 0.2) is 0 Å². The molecule has 2 unspecified atom stereocenters. The van der Waals surface area contributed by atoms with Gasteiger partial charge in [-0.3, -0.25) is 0 Å². The van der Waals surface area contributed by atoms with Gasteiger partial charge in [0.2, 0.25) is 0 Å². The molecule has 0 aromatic heterocycles. The van der Waals surface area contributed by atoms with E-state index < -0.39 is 0 Å². The molecule has 1 aliphatic rings. The second kappa shape index (κ2) is 3.61. The van der Waals surface area contributed by atoms with Crippen LogP contribution in [0.5, 0.6) is 0 Å². The van der Waals surface area contributed by atoms with Crippen LogP contribution in [0, 0.1) is 5.92 Å². The molecule has 0 bridgehead atoms. The quantitative estimate of drug-likeness (QED) is 0.549. The van der Waals surface area contributed by atoms with Crippen molar-refractivity contribution in [3.05, 3.63) is 0 Å². The molecule has 0 radical (unpaired) electrons. The lowest BCUT2D eigenvalue weighted by atomic mass is 9.85. The second-order valence-corrected chi connectivity index (χ2v) is 5.59. The van der Waals surface area contributed by atoms with Crippen LogP contribution in [0.3, 0.4) is 0 Å². The molecule has 1 rings (SSSR count). The first-order valence-electron chi connectivity index (χ1n) is 5.74. The standard InChI is InChI=1S/C12H26N/c1-9(2)13(6)11(4)7-10(3)8-12(13)5/h9-12H,7-8H2,1-6H3/q+1. The predicted molar refractivity (Wildman–Crippen MR) is 58.6 cm³/mol. The maximum Gasteiger partial charge on any atom is 0.0866 e. The van der Waals surface area contributed by atoms with Gasteiger partial charge >= 0.3 is 0 Å². The number of piperidine rings is 1. The normalized spacial score (nSPS) is 46.8. The van der Waals surface area contributed by atoms with Crippen LogP contribution in [0.4, 0.5) is 0 Å². The maximum atomic E-state index is 2.44. The zero-order valence-electron chi connectivity index (χ0n) is 10.2. The molecule has 13 heavy (non-hydrogen) atoms. The van der Waals surface area contributed by atoms with Crippen molar-refractivity contribution in [1.82, 2.24) is 0 Å². The smallest absolute Gasteiger partial charge is 0.0866 e. The topological polar surface area (TPSA) is 0 Å². The summed E-state index contributed by atoms with van der Waals surface area (Å²) in [5.74, 6) is 0.926. The summed E-state index contributed by atoms with van der Waals surface area (Å²) in [4.78, 5) is 0. The fourth-order valence-corrected chi connectivity index (χ4v) is 3.17. The Morgan fingerprint density at radius 3 is 1.69 bits per heavy atom. The van der Waals surface area contributed by atoms with E-state index in [1.165, 1.54) is 17.3 Å². The summed E-state index contributed by atoms with van der Waals surface area (Å²) in [6.45, 7) is 12.0. The van der Waals surface area contributed by atoms with Crippen molar-refractivity contribution in [3.63, 3.8) is 0 Å². The minimum atomic E-state index is 0.762. The SMILES string of the molecule is CC1CC(C)[N+](C)(C(C)C)C(C)C1. The van der Waals surface area contributed by atoms with E-state index in [0.29, 0.717) is 0 Å². The average molecular weight is 184 g/mol. The van der Waals surface area contributed by atoms with Crippen molar-refractivity contribution >= 4 is 0 Å². The molecule has 78 valence electrons. The van der Waals surface area contributed by atoms with Gasteiger partial charge in [0, 0.05) is 12.8 Å². The number of hydrogen-bond donors (Lipinski definition) is 0. The highest BCUT2D eigenvalue weighted by molar-refractivity contribution is 4.73. The van der Waals surface area contributed by atoms with E-state index in [1.807, 2.05) is 0 Å². The van der Waals surface area contributed by atoms with Crippen LogP contribution in [0.2, 0.25) is 0 Å². The molecule has 1 fully saturated rings. The third-order valence-corrected chi connectivity index (χ3v) is 4.50. The second-order valence-electron chi connectivity index (χ2n) is 5.59. The molecule has 0 saturated carbocycles. The Balaban J connectivity index is 2.83. The highest BCUT2D eigenvalue weighted by atomic mass is 15.4. The summed E-state index contributed by atoms with van der Waals surface area (Å²) < 4.78 is 1.27. The molecule has 1 saturated heterocycles. The van der Waals surface area contributed by atoms with E-state index >= 15 is 0 Å². The fraction of sp³-hybridized carbons (Fsp3) is 1.00. The van der Waals surface area contributed by atoms with Crippen LogP contribution in [0.1, 0.15) is 47.5 Å². The summed E-state index contributed by atoms with van der Waals surface area (Å²) in [5, 5.41) is 0. The van der Waals surface area contributed by atoms with Gasteiger partial charge in [0.1, 0.15) is 0 Å². The molecule has 0 aliphatic carbocycles. The highest BCUT2D eigenvalue weighted by Gasteiger charge is 2.42. The van der Waals surface area contributed by atoms with Gasteiger partial charge in [0.25, 0.3) is 0 Å². The minimum absolute atomic E-state index is 0.762. The van der Waals surface area contributed by atoms with Gasteiger partial charge < -0.3 is 4.48 Å². The van der Waals surface area contributed by atoms with E-state index in [1.54, 1.807) is 0 Å². The Kier molecular flexibility index (Phi) is 3.06. The lowest BCUT2D eigenvalue weighted by Crippen LogP contribution is -2.63. The molecule has 1 nitrogen and oxygen atoms in total. The Morgan fingerprint density at radius 1 is 1.00 bits per heavy atom. The molecule has 0 amide bonds. The molecule has 0 aromatic carbocycles. The monoisotopic (exact) mass is 184 g/mol. The summed E-state index contributed by atoms with van der Waals surface area (Å²) >= 11 is 0. The summed E-state index contributed by atoms with van der Waals surface area (Å²) in [6.07, 6.45) is 2.80. The van der Waals surface area contributed by atoms with Gasteiger partial charge in [0.05, 0.1) is 25.2 Å². The third kappa shape index (κ3) is 1.76. The van der Waals surface area contributed by atoms with Gasteiger partial charge in [-0.25, -0.2) is 0 Å². The summed E-state index contributed by atoms with van der Waals surface area (Å²) in [6, 6.07) is 2.43. The van der Waals surface area contributed by atoms with Crippen molar-refractivity contribution in [2.75, 3.05) is 7.05 Å². The van der Waals surface area contributed by atoms with E-state index in [2.05, 4.69) is 41.7 Å². The molecule has 1 heteroatoms. The first kappa shape index (κ1) is 11.0. The average Bonchev–Trinajstić information content (AvgIpc) is 1.99. The van der Waals surface area contributed by atoms with Gasteiger partial charge in [-0.15, -0.1) is 0 Å². The Morgan fingerprint density at radius 2 is 1.38 bits per heavy atom. The van der Waals surface area contributed by atoms with E-state index in [-0.39, 0.29) is 0 Å². The Hall–Kier alpha value is -0.0400. The van der Waals surface area contributed by atoms with Crippen LogP contribution in [0.25, 0.3) is 0 Å². The van der Waals surface area contributed by atoms with Crippen LogP contribution in [-0.2, 0) is 0 Å². The van der Waals surface area contributed by atoms with Crippen molar-refractivity contribution in [1.29, 1.82) is 0 Å². The van der Waals surface area contributed by atoms with Gasteiger partial charge in [0.15, 0.2) is 0 Å². The zero-order valence-corrected chi connectivity index (χ0v) is 10.2. The number of rotatable bonds is 1. The van der Waals surface area contributed by atoms with Crippen molar-refractivity contribution in [2.24, 2.45) is 5.92 Å². The lowest BCUT2D eigenvalue weighted by molar-refractivity contribution is -0.977. The van der Waals surface area contributed by atoms with Gasteiger partial charge in [-0.2, -0.15) is 0 Å². The molecular weight excluding hydrogens is 158 g/mol. The zero-order chi connectivity index (χ0) is 10.2. The van der Waals surface area contributed by atoms with Crippen molar-refractivity contribution in [3.8, 4) is 0 Å². The van der Waals surface area contributed by atoms with Crippen molar-refractivity contribution in [2.45, 2.75) is 65.6 Å². The van der Waals surface area contributed by atoms with Crippen molar-refractivity contribution < 1.29 is 4.48 Å². The largest absolute Gasteiger partial charge is 0.320 e. The first-order chi connectivity index (χ1) is 5.89. The van der Waals surface area contributed by atoms with Crippen LogP contribution in [-0.4, -0.2) is 29.7 Å². The molecule has 2 atom stereocenters. The number of quaternary nitrogens is 1. The fourth-order valence-electron chi connectivity index (χ4n) is 3.17. The summed E-state index contributed by atoms with van der Waals surface area (Å²) in [7, 11) is 2.44. The third-order valence-electron chi connectivity index (χ3n) is 4.50. The van der Waals surface area contributed by atoms with Gasteiger partial charge in [-0.1, -0.05) is 6.92 Å². The number of nitrogens with zero attached hydrogens (tertiary/aromatic N) is 1. The minimum Gasteiger partial charge on any atom is -0.320 e. The Bertz CT molecular complexity index is 162. The lowest BCUT2D eigenvalue weighted by Gasteiger charge is -2.52. The number of hydrogen-bond acceptors (Lipinski definition) is 0. The molecule has 1 aliphatic heterocycles. The molecule has 0 aromatic rings. The molecule has 0 spiro atoms. The number of likely N-dealkylation sites (tertiary alicyclic amines) is 1.